The van der Waals surface area contributed by atoms with E-state index in [0.29, 0.717) is 16.3 Å². The van der Waals surface area contributed by atoms with Crippen LogP contribution in [0.25, 0.3) is 0 Å². The fourth-order valence-corrected chi connectivity index (χ4v) is 5.01. The van der Waals surface area contributed by atoms with Gasteiger partial charge in [-0.3, -0.25) is 4.21 Å². The molecule has 2 unspecified atom stereocenters. The topological polar surface area (TPSA) is 17.1 Å². The first-order valence-corrected chi connectivity index (χ1v) is 7.97. The lowest BCUT2D eigenvalue weighted by molar-refractivity contribution is 0.378. The van der Waals surface area contributed by atoms with Gasteiger partial charge >= 0.3 is 0 Å². The molecule has 14 heavy (non-hydrogen) atoms. The monoisotopic (exact) mass is 232 g/mol. The lowest BCUT2D eigenvalue weighted by atomic mass is 9.91. The number of thioether (sulfide) groups is 1. The van der Waals surface area contributed by atoms with Crippen LogP contribution in [-0.2, 0) is 10.8 Å². The second-order valence-electron chi connectivity index (χ2n) is 3.84. The van der Waals surface area contributed by atoms with E-state index in [1.807, 2.05) is 0 Å². The fourth-order valence-electron chi connectivity index (χ4n) is 2.13. The molecule has 3 heteroatoms. The molecule has 0 amide bonds. The van der Waals surface area contributed by atoms with Crippen LogP contribution >= 0.6 is 11.8 Å². The van der Waals surface area contributed by atoms with Gasteiger partial charge in [0, 0.05) is 16.6 Å². The molecule has 0 saturated heterocycles. The quantitative estimate of drug-likeness (QED) is 0.677. The highest BCUT2D eigenvalue weighted by Gasteiger charge is 2.26. The van der Waals surface area contributed by atoms with Gasteiger partial charge in [0.2, 0.25) is 0 Å². The summed E-state index contributed by atoms with van der Waals surface area (Å²) in [4.78, 5) is 0. The van der Waals surface area contributed by atoms with Gasteiger partial charge in [-0.2, -0.15) is 0 Å². The minimum absolute atomic E-state index is 0.341. The van der Waals surface area contributed by atoms with Crippen LogP contribution in [0.15, 0.2) is 12.7 Å². The van der Waals surface area contributed by atoms with Gasteiger partial charge in [-0.25, -0.2) is 0 Å². The Morgan fingerprint density at radius 3 is 2.64 bits per heavy atom. The predicted molar refractivity (Wildman–Crippen MR) is 67.1 cm³/mol. The van der Waals surface area contributed by atoms with Crippen molar-refractivity contribution < 1.29 is 4.21 Å². The molecule has 2 atom stereocenters. The molecular weight excluding hydrogens is 212 g/mol. The van der Waals surface area contributed by atoms with Crippen LogP contribution in [0, 0.1) is 5.92 Å². The summed E-state index contributed by atoms with van der Waals surface area (Å²) in [7, 11) is -0.710. The van der Waals surface area contributed by atoms with Crippen molar-refractivity contribution in [2.45, 2.75) is 36.7 Å². The zero-order valence-corrected chi connectivity index (χ0v) is 10.5. The van der Waals surface area contributed by atoms with Gasteiger partial charge in [-0.05, 0) is 25.0 Å². The molecule has 1 saturated carbocycles. The predicted octanol–water partition coefficient (Wildman–Crippen LogP) is 3.19. The number of rotatable bonds is 5. The molecule has 0 aromatic rings. The molecule has 1 aliphatic rings. The Labute approximate surface area is 94.2 Å². The van der Waals surface area contributed by atoms with Gasteiger partial charge in [0.05, 0.1) is 4.58 Å². The molecule has 0 aromatic carbocycles. The van der Waals surface area contributed by atoms with Gasteiger partial charge in [0.15, 0.2) is 0 Å². The summed E-state index contributed by atoms with van der Waals surface area (Å²) in [5.74, 6) is 1.33. The molecule has 0 aromatic heterocycles. The minimum atomic E-state index is -0.710. The van der Waals surface area contributed by atoms with Crippen molar-refractivity contribution >= 4 is 22.6 Å². The smallest absolute Gasteiger partial charge is 0.0829 e. The van der Waals surface area contributed by atoms with Gasteiger partial charge in [-0.15, -0.1) is 18.3 Å². The minimum Gasteiger partial charge on any atom is -0.258 e. The zero-order chi connectivity index (χ0) is 10.4. The Morgan fingerprint density at radius 2 is 2.14 bits per heavy atom. The molecule has 0 N–H and O–H groups in total. The third kappa shape index (κ3) is 3.43. The van der Waals surface area contributed by atoms with E-state index in [-0.39, 0.29) is 0 Å². The van der Waals surface area contributed by atoms with Crippen molar-refractivity contribution in [1.29, 1.82) is 0 Å². The van der Waals surface area contributed by atoms with Crippen LogP contribution in [0.2, 0.25) is 0 Å². The van der Waals surface area contributed by atoms with E-state index < -0.39 is 10.8 Å². The van der Waals surface area contributed by atoms with Crippen molar-refractivity contribution in [3.63, 3.8) is 0 Å². The lowest BCUT2D eigenvalue weighted by Crippen LogP contribution is -2.25. The molecule has 0 spiro atoms. The molecule has 82 valence electrons. The highest BCUT2D eigenvalue weighted by molar-refractivity contribution is 8.10. The van der Waals surface area contributed by atoms with Gasteiger partial charge in [-0.1, -0.05) is 25.3 Å². The van der Waals surface area contributed by atoms with E-state index in [2.05, 4.69) is 12.8 Å². The van der Waals surface area contributed by atoms with E-state index in [4.69, 9.17) is 0 Å². The van der Waals surface area contributed by atoms with Gasteiger partial charge in [0.25, 0.3) is 0 Å². The summed E-state index contributed by atoms with van der Waals surface area (Å²) in [6.07, 6.45) is 10.4. The molecule has 1 nitrogen and oxygen atoms in total. The summed E-state index contributed by atoms with van der Waals surface area (Å²) in [6.45, 7) is 3.66. The first-order valence-electron chi connectivity index (χ1n) is 5.30. The van der Waals surface area contributed by atoms with Crippen molar-refractivity contribution in [1.82, 2.24) is 0 Å². The fraction of sp³-hybridized carbons (Fsp3) is 0.818. The standard InChI is InChI=1S/C11H20OS2/c1-3-9-14(12)11(13-2)10-7-5-4-6-8-10/h3,10-11H,1,4-9H2,2H3. The first-order chi connectivity index (χ1) is 6.79. The highest BCUT2D eigenvalue weighted by atomic mass is 32.2. The highest BCUT2D eigenvalue weighted by Crippen LogP contribution is 2.33. The molecule has 0 heterocycles. The van der Waals surface area contributed by atoms with E-state index in [9.17, 15) is 4.21 Å². The maximum Gasteiger partial charge on any atom is 0.0829 e. The zero-order valence-electron chi connectivity index (χ0n) is 8.91. The molecule has 1 rings (SSSR count). The van der Waals surface area contributed by atoms with E-state index in [1.165, 1.54) is 32.1 Å². The van der Waals surface area contributed by atoms with Crippen LogP contribution in [0.3, 0.4) is 0 Å². The van der Waals surface area contributed by atoms with Gasteiger partial charge < -0.3 is 0 Å². The first kappa shape index (κ1) is 12.3. The SMILES string of the molecule is C=CCS(=O)C(SC)C1CCCCC1. The second kappa shape index (κ2) is 6.67. The van der Waals surface area contributed by atoms with Crippen molar-refractivity contribution in [3.8, 4) is 0 Å². The lowest BCUT2D eigenvalue weighted by Gasteiger charge is -2.28. The molecule has 0 aliphatic heterocycles. The Kier molecular flexibility index (Phi) is 5.87. The van der Waals surface area contributed by atoms with Gasteiger partial charge in [0.1, 0.15) is 0 Å². The van der Waals surface area contributed by atoms with Crippen molar-refractivity contribution in [2.24, 2.45) is 5.92 Å². The van der Waals surface area contributed by atoms with Crippen LogP contribution in [0.1, 0.15) is 32.1 Å². The van der Waals surface area contributed by atoms with Crippen LogP contribution in [-0.4, -0.2) is 20.8 Å². The average molecular weight is 232 g/mol. The van der Waals surface area contributed by atoms with Crippen LogP contribution in [0.4, 0.5) is 0 Å². The summed E-state index contributed by atoms with van der Waals surface area (Å²) in [6, 6.07) is 0. The third-order valence-corrected chi connectivity index (χ3v) is 6.35. The summed E-state index contributed by atoms with van der Waals surface area (Å²) in [5.41, 5.74) is 0. The van der Waals surface area contributed by atoms with E-state index in [0.717, 1.165) is 0 Å². The Morgan fingerprint density at radius 1 is 1.50 bits per heavy atom. The summed E-state index contributed by atoms with van der Waals surface area (Å²) in [5, 5.41) is 0. The summed E-state index contributed by atoms with van der Waals surface area (Å²) >= 11 is 1.78. The summed E-state index contributed by atoms with van der Waals surface area (Å²) < 4.78 is 12.2. The largest absolute Gasteiger partial charge is 0.258 e. The Hall–Kier alpha value is 0.240. The normalized spacial score (nSPS) is 22.9. The Balaban J connectivity index is 2.50. The molecular formula is C11H20OS2. The molecule has 0 bridgehead atoms. The number of hydrogen-bond donors (Lipinski definition) is 0. The van der Waals surface area contributed by atoms with Crippen molar-refractivity contribution in [2.75, 3.05) is 12.0 Å². The maximum atomic E-state index is 11.9. The average Bonchev–Trinajstić information content (AvgIpc) is 2.21. The Bertz CT molecular complexity index is 197. The van der Waals surface area contributed by atoms with E-state index in [1.54, 1.807) is 17.8 Å². The molecule has 1 aliphatic carbocycles. The van der Waals surface area contributed by atoms with E-state index >= 15 is 0 Å². The molecule has 1 fully saturated rings. The third-order valence-electron chi connectivity index (χ3n) is 2.81. The van der Waals surface area contributed by atoms with Crippen LogP contribution in [0.5, 0.6) is 0 Å². The second-order valence-corrected chi connectivity index (χ2v) is 6.72. The van der Waals surface area contributed by atoms with Crippen LogP contribution < -0.4 is 0 Å². The number of hydrogen-bond acceptors (Lipinski definition) is 2. The molecule has 0 radical (unpaired) electrons. The van der Waals surface area contributed by atoms with Crippen molar-refractivity contribution in [3.05, 3.63) is 12.7 Å². The maximum absolute atomic E-state index is 11.9.